The van der Waals surface area contributed by atoms with Crippen molar-refractivity contribution in [1.82, 2.24) is 0 Å². The average molecular weight is 307 g/mol. The van der Waals surface area contributed by atoms with Crippen molar-refractivity contribution in [3.8, 4) is 5.75 Å². The minimum absolute atomic E-state index is 0.527. The maximum Gasteiger partial charge on any atom is 0.119 e. The number of hydrogen-bond donors (Lipinski definition) is 0. The lowest BCUT2D eigenvalue weighted by molar-refractivity contribution is 0.209. The van der Waals surface area contributed by atoms with Crippen LogP contribution in [-0.2, 0) is 0 Å². The van der Waals surface area contributed by atoms with E-state index in [1.807, 2.05) is 0 Å². The Morgan fingerprint density at radius 3 is 2.19 bits per heavy atom. The molecule has 0 bridgehead atoms. The lowest BCUT2D eigenvalue weighted by atomic mass is 9.90. The molecule has 0 N–H and O–H groups in total. The van der Waals surface area contributed by atoms with Gasteiger partial charge in [0.25, 0.3) is 0 Å². The first-order valence-corrected chi connectivity index (χ1v) is 11.1. The van der Waals surface area contributed by atoms with Crippen LogP contribution in [0.4, 0.5) is 0 Å². The molecule has 21 heavy (non-hydrogen) atoms. The van der Waals surface area contributed by atoms with Gasteiger partial charge in [0, 0.05) is 0 Å². The zero-order valence-corrected chi connectivity index (χ0v) is 14.3. The molecule has 0 unspecified atom stereocenters. The minimum Gasteiger partial charge on any atom is -0.493 e. The lowest BCUT2D eigenvalue weighted by Gasteiger charge is -2.40. The lowest BCUT2D eigenvalue weighted by Crippen LogP contribution is -2.15. The minimum atomic E-state index is -0.527. The molecule has 1 saturated heterocycles. The van der Waals surface area contributed by atoms with Gasteiger partial charge in [0.2, 0.25) is 0 Å². The Morgan fingerprint density at radius 2 is 1.52 bits per heavy atom. The third-order valence-corrected chi connectivity index (χ3v) is 9.08. The van der Waals surface area contributed by atoms with E-state index in [9.17, 15) is 0 Å². The van der Waals surface area contributed by atoms with Gasteiger partial charge >= 0.3 is 0 Å². The second-order valence-corrected chi connectivity index (χ2v) is 10.9. The summed E-state index contributed by atoms with van der Waals surface area (Å²) in [6, 6.07) is 9.11. The molecule has 2 heteroatoms. The fraction of sp³-hybridized carbons (Fsp3) is 0.684. The molecule has 0 atom stereocenters. The second kappa shape index (κ2) is 7.09. The Labute approximate surface area is 131 Å². The molecule has 1 aromatic rings. The van der Waals surface area contributed by atoms with Crippen molar-refractivity contribution < 1.29 is 4.74 Å². The Morgan fingerprint density at radius 1 is 0.905 bits per heavy atom. The summed E-state index contributed by atoms with van der Waals surface area (Å²) in [5.41, 5.74) is 0. The quantitative estimate of drug-likeness (QED) is 0.701. The van der Waals surface area contributed by atoms with Gasteiger partial charge in [0.05, 0.1) is 6.61 Å². The molecule has 1 nitrogen and oxygen atoms in total. The Bertz CT molecular complexity index is 427. The molecule has 3 rings (SSSR count). The van der Waals surface area contributed by atoms with Crippen LogP contribution in [0.15, 0.2) is 29.2 Å². The fourth-order valence-corrected chi connectivity index (χ4v) is 6.94. The molecule has 1 aromatic carbocycles. The zero-order chi connectivity index (χ0) is 14.5. The van der Waals surface area contributed by atoms with E-state index in [0.717, 1.165) is 18.3 Å². The number of hydrogen-bond acceptors (Lipinski definition) is 1. The molecule has 0 radical (unpaired) electrons. The van der Waals surface area contributed by atoms with Crippen molar-refractivity contribution >= 4 is 10.0 Å². The normalized spacial score (nSPS) is 24.4. The van der Waals surface area contributed by atoms with Gasteiger partial charge in [-0.15, -0.1) is 0 Å². The van der Waals surface area contributed by atoms with Crippen LogP contribution in [0.25, 0.3) is 0 Å². The molecular formula is C19H30OS. The number of rotatable bonds is 4. The third kappa shape index (κ3) is 3.97. The van der Waals surface area contributed by atoms with Crippen LogP contribution in [0.2, 0.25) is 0 Å². The van der Waals surface area contributed by atoms with E-state index in [1.165, 1.54) is 62.9 Å². The zero-order valence-electron chi connectivity index (χ0n) is 13.5. The highest BCUT2D eigenvalue weighted by Crippen LogP contribution is 2.56. The van der Waals surface area contributed by atoms with Gasteiger partial charge in [-0.25, -0.2) is 10.0 Å². The molecular weight excluding hydrogens is 276 g/mol. The van der Waals surface area contributed by atoms with Gasteiger partial charge in [-0.2, -0.15) is 0 Å². The highest BCUT2D eigenvalue weighted by molar-refractivity contribution is 8.33. The highest BCUT2D eigenvalue weighted by Gasteiger charge is 2.23. The number of ether oxygens (including phenoxy) is 1. The molecule has 1 saturated carbocycles. The topological polar surface area (TPSA) is 9.23 Å². The molecule has 0 spiro atoms. The Hall–Kier alpha value is -0.630. The summed E-state index contributed by atoms with van der Waals surface area (Å²) in [5, 5.41) is 0. The molecule has 2 fully saturated rings. The van der Waals surface area contributed by atoms with Crippen molar-refractivity contribution in [1.29, 1.82) is 0 Å². The van der Waals surface area contributed by atoms with Crippen LogP contribution in [0.3, 0.4) is 0 Å². The first-order valence-electron chi connectivity index (χ1n) is 8.73. The summed E-state index contributed by atoms with van der Waals surface area (Å²) in [6.45, 7) is 0.920. The van der Waals surface area contributed by atoms with Crippen LogP contribution < -0.4 is 4.74 Å². The summed E-state index contributed by atoms with van der Waals surface area (Å²) in [6.07, 6.45) is 13.7. The van der Waals surface area contributed by atoms with Crippen LogP contribution in [0, 0.1) is 5.92 Å². The maximum atomic E-state index is 6.03. The molecule has 1 heterocycles. The van der Waals surface area contributed by atoms with Crippen LogP contribution in [0.1, 0.15) is 51.4 Å². The fourth-order valence-electron chi connectivity index (χ4n) is 3.79. The van der Waals surface area contributed by atoms with E-state index in [1.54, 1.807) is 4.90 Å². The van der Waals surface area contributed by atoms with Crippen molar-refractivity contribution in [3.05, 3.63) is 24.3 Å². The SMILES string of the molecule is CS1(c2ccc(OCC3CCCCC3)cc2)CCCCC1. The van der Waals surface area contributed by atoms with Crippen molar-refractivity contribution in [2.24, 2.45) is 5.92 Å². The summed E-state index contributed by atoms with van der Waals surface area (Å²) in [7, 11) is -0.527. The van der Waals surface area contributed by atoms with Crippen molar-refractivity contribution in [2.45, 2.75) is 56.3 Å². The van der Waals surface area contributed by atoms with Gasteiger partial charge in [-0.3, -0.25) is 0 Å². The highest BCUT2D eigenvalue weighted by atomic mass is 32.3. The summed E-state index contributed by atoms with van der Waals surface area (Å²) in [4.78, 5) is 1.59. The standard InChI is InChI=1S/C19H30OS/c1-21(14-6-3-7-15-21)19-12-10-18(11-13-19)20-16-17-8-4-2-5-9-17/h10-13,17H,2-9,14-16H2,1H3. The smallest absolute Gasteiger partial charge is 0.119 e. The Balaban J connectivity index is 1.56. The monoisotopic (exact) mass is 306 g/mol. The first-order chi connectivity index (χ1) is 10.3. The van der Waals surface area contributed by atoms with E-state index in [-0.39, 0.29) is 0 Å². The van der Waals surface area contributed by atoms with Gasteiger partial charge in [-0.05, 0) is 78.5 Å². The second-order valence-electron chi connectivity index (χ2n) is 7.03. The van der Waals surface area contributed by atoms with Gasteiger partial charge in [0.1, 0.15) is 5.75 Å². The van der Waals surface area contributed by atoms with Crippen LogP contribution in [0.5, 0.6) is 5.75 Å². The van der Waals surface area contributed by atoms with Crippen molar-refractivity contribution in [3.63, 3.8) is 0 Å². The largest absolute Gasteiger partial charge is 0.493 e. The third-order valence-electron chi connectivity index (χ3n) is 5.29. The maximum absolute atomic E-state index is 6.03. The molecule has 2 aliphatic rings. The van der Waals surface area contributed by atoms with Crippen molar-refractivity contribution in [2.75, 3.05) is 24.4 Å². The Kier molecular flexibility index (Phi) is 5.15. The van der Waals surface area contributed by atoms with Crippen LogP contribution >= 0.6 is 10.0 Å². The molecule has 1 aliphatic heterocycles. The average Bonchev–Trinajstić information content (AvgIpc) is 2.55. The van der Waals surface area contributed by atoms with E-state index in [4.69, 9.17) is 4.74 Å². The van der Waals surface area contributed by atoms with E-state index in [0.29, 0.717) is 0 Å². The van der Waals surface area contributed by atoms with E-state index >= 15 is 0 Å². The predicted octanol–water partition coefficient (Wildman–Crippen LogP) is 5.62. The predicted molar refractivity (Wildman–Crippen MR) is 93.9 cm³/mol. The van der Waals surface area contributed by atoms with E-state index in [2.05, 4.69) is 30.5 Å². The molecule has 1 aliphatic carbocycles. The van der Waals surface area contributed by atoms with Gasteiger partial charge < -0.3 is 4.74 Å². The van der Waals surface area contributed by atoms with Gasteiger partial charge in [-0.1, -0.05) is 25.7 Å². The molecule has 0 aromatic heterocycles. The summed E-state index contributed by atoms with van der Waals surface area (Å²) >= 11 is 0. The molecule has 0 amide bonds. The first kappa shape index (κ1) is 15.3. The van der Waals surface area contributed by atoms with Crippen LogP contribution in [-0.4, -0.2) is 24.4 Å². The van der Waals surface area contributed by atoms with Gasteiger partial charge in [0.15, 0.2) is 0 Å². The number of benzene rings is 1. The van der Waals surface area contributed by atoms with E-state index < -0.39 is 10.0 Å². The molecule has 118 valence electrons. The summed E-state index contributed by atoms with van der Waals surface area (Å²) in [5.74, 6) is 4.72. The summed E-state index contributed by atoms with van der Waals surface area (Å²) < 4.78 is 6.03.